The first-order valence-electron chi connectivity index (χ1n) is 4.30. The van der Waals surface area contributed by atoms with E-state index in [1.165, 1.54) is 13.2 Å². The average Bonchev–Trinajstić information content (AvgIpc) is 2.60. The second-order valence-corrected chi connectivity index (χ2v) is 3.04. The smallest absolute Gasteiger partial charge is 0.165 e. The molecule has 0 spiro atoms. The molecule has 0 saturated carbocycles. The lowest BCUT2D eigenvalue weighted by atomic mass is 10.2. The van der Waals surface area contributed by atoms with Crippen LogP contribution in [0.25, 0.3) is 10.9 Å². The van der Waals surface area contributed by atoms with E-state index < -0.39 is 0 Å². The van der Waals surface area contributed by atoms with Crippen LogP contribution in [0.4, 0.5) is 4.39 Å². The SMILES string of the molecule is COc1c(F)ccc2[nH]c(CN)cc12. The van der Waals surface area contributed by atoms with Gasteiger partial charge in [0.15, 0.2) is 11.6 Å². The van der Waals surface area contributed by atoms with E-state index in [1.807, 2.05) is 0 Å². The Morgan fingerprint density at radius 1 is 1.50 bits per heavy atom. The van der Waals surface area contributed by atoms with Gasteiger partial charge in [-0.1, -0.05) is 0 Å². The molecule has 1 aromatic heterocycles. The third kappa shape index (κ3) is 1.24. The summed E-state index contributed by atoms with van der Waals surface area (Å²) >= 11 is 0. The van der Waals surface area contributed by atoms with Crippen LogP contribution in [-0.4, -0.2) is 12.1 Å². The molecule has 3 nitrogen and oxygen atoms in total. The lowest BCUT2D eigenvalue weighted by Gasteiger charge is -2.01. The van der Waals surface area contributed by atoms with Crippen molar-refractivity contribution < 1.29 is 9.13 Å². The van der Waals surface area contributed by atoms with Crippen molar-refractivity contribution >= 4 is 10.9 Å². The number of rotatable bonds is 2. The highest BCUT2D eigenvalue weighted by Gasteiger charge is 2.09. The van der Waals surface area contributed by atoms with E-state index in [1.54, 1.807) is 12.1 Å². The molecule has 1 aromatic carbocycles. The topological polar surface area (TPSA) is 51.0 Å². The van der Waals surface area contributed by atoms with E-state index >= 15 is 0 Å². The second kappa shape index (κ2) is 3.31. The van der Waals surface area contributed by atoms with Crippen LogP contribution in [0.2, 0.25) is 0 Å². The van der Waals surface area contributed by atoms with Gasteiger partial charge in [0, 0.05) is 23.1 Å². The Labute approximate surface area is 80.7 Å². The van der Waals surface area contributed by atoms with Crippen molar-refractivity contribution in [1.82, 2.24) is 4.98 Å². The van der Waals surface area contributed by atoms with Crippen molar-refractivity contribution in [3.8, 4) is 5.75 Å². The summed E-state index contributed by atoms with van der Waals surface area (Å²) in [6, 6.07) is 4.85. The fraction of sp³-hybridized carbons (Fsp3) is 0.200. The Bertz CT molecular complexity index is 464. The van der Waals surface area contributed by atoms with Crippen LogP contribution in [0.15, 0.2) is 18.2 Å². The molecule has 0 atom stereocenters. The monoisotopic (exact) mass is 194 g/mol. The zero-order valence-electron chi connectivity index (χ0n) is 7.80. The summed E-state index contributed by atoms with van der Waals surface area (Å²) in [4.78, 5) is 3.08. The maximum atomic E-state index is 13.3. The predicted octanol–water partition coefficient (Wildman–Crippen LogP) is 1.77. The number of benzene rings is 1. The van der Waals surface area contributed by atoms with Crippen LogP contribution in [-0.2, 0) is 6.54 Å². The molecule has 0 aliphatic rings. The van der Waals surface area contributed by atoms with Gasteiger partial charge in [0.1, 0.15) is 0 Å². The number of nitrogens with one attached hydrogen (secondary N) is 1. The molecule has 0 amide bonds. The molecule has 2 rings (SSSR count). The molecular weight excluding hydrogens is 183 g/mol. The molecule has 0 aliphatic heterocycles. The van der Waals surface area contributed by atoms with Crippen LogP contribution in [0.1, 0.15) is 5.69 Å². The third-order valence-corrected chi connectivity index (χ3v) is 2.19. The van der Waals surface area contributed by atoms with Crippen LogP contribution in [0, 0.1) is 5.82 Å². The summed E-state index contributed by atoms with van der Waals surface area (Å²) in [6.07, 6.45) is 0. The molecule has 0 fully saturated rings. The highest BCUT2D eigenvalue weighted by atomic mass is 19.1. The van der Waals surface area contributed by atoms with Crippen LogP contribution in [0.3, 0.4) is 0 Å². The van der Waals surface area contributed by atoms with E-state index in [9.17, 15) is 4.39 Å². The van der Waals surface area contributed by atoms with Gasteiger partial charge in [-0.25, -0.2) is 4.39 Å². The van der Waals surface area contributed by atoms with Gasteiger partial charge in [-0.2, -0.15) is 0 Å². The summed E-state index contributed by atoms with van der Waals surface area (Å²) in [6.45, 7) is 0.402. The zero-order valence-corrected chi connectivity index (χ0v) is 7.80. The molecule has 1 heterocycles. The van der Waals surface area contributed by atoms with E-state index in [2.05, 4.69) is 4.98 Å². The fourth-order valence-corrected chi connectivity index (χ4v) is 1.53. The van der Waals surface area contributed by atoms with Crippen LogP contribution in [0.5, 0.6) is 5.75 Å². The highest BCUT2D eigenvalue weighted by Crippen LogP contribution is 2.28. The Balaban J connectivity index is 2.73. The number of H-pyrrole nitrogens is 1. The third-order valence-electron chi connectivity index (χ3n) is 2.19. The number of halogens is 1. The molecule has 3 N–H and O–H groups in total. The van der Waals surface area contributed by atoms with Crippen molar-refractivity contribution in [3.05, 3.63) is 29.7 Å². The lowest BCUT2D eigenvalue weighted by molar-refractivity contribution is 0.392. The van der Waals surface area contributed by atoms with Gasteiger partial charge in [-0.3, -0.25) is 0 Å². The number of aromatic amines is 1. The summed E-state index contributed by atoms with van der Waals surface area (Å²) < 4.78 is 18.2. The molecule has 4 heteroatoms. The zero-order chi connectivity index (χ0) is 10.1. The number of hydrogen-bond acceptors (Lipinski definition) is 2. The molecule has 74 valence electrons. The molecule has 0 bridgehead atoms. The van der Waals surface area contributed by atoms with Gasteiger partial charge >= 0.3 is 0 Å². The van der Waals surface area contributed by atoms with Crippen LogP contribution < -0.4 is 10.5 Å². The maximum absolute atomic E-state index is 13.3. The fourth-order valence-electron chi connectivity index (χ4n) is 1.53. The Morgan fingerprint density at radius 2 is 2.29 bits per heavy atom. The van der Waals surface area contributed by atoms with Crippen molar-refractivity contribution in [2.24, 2.45) is 5.73 Å². The van der Waals surface area contributed by atoms with E-state index in [-0.39, 0.29) is 11.6 Å². The molecule has 14 heavy (non-hydrogen) atoms. The minimum absolute atomic E-state index is 0.262. The van der Waals surface area contributed by atoms with Gasteiger partial charge in [0.25, 0.3) is 0 Å². The molecular formula is C10H11FN2O. The predicted molar refractivity (Wildman–Crippen MR) is 52.7 cm³/mol. The standard InChI is InChI=1S/C10H11FN2O/c1-14-10-7-4-6(5-12)13-9(7)3-2-8(10)11/h2-4,13H,5,12H2,1H3. The summed E-state index contributed by atoms with van der Waals surface area (Å²) in [5.74, 6) is -0.0963. The van der Waals surface area contributed by atoms with Crippen molar-refractivity contribution in [2.45, 2.75) is 6.54 Å². The normalized spacial score (nSPS) is 10.8. The molecule has 0 saturated heterocycles. The Kier molecular flexibility index (Phi) is 2.13. The molecule has 0 radical (unpaired) electrons. The van der Waals surface area contributed by atoms with Crippen molar-refractivity contribution in [1.29, 1.82) is 0 Å². The maximum Gasteiger partial charge on any atom is 0.165 e. The minimum atomic E-state index is -0.359. The Hall–Kier alpha value is -1.55. The second-order valence-electron chi connectivity index (χ2n) is 3.04. The van der Waals surface area contributed by atoms with E-state index in [0.717, 1.165) is 16.6 Å². The minimum Gasteiger partial charge on any atom is -0.493 e. The highest BCUT2D eigenvalue weighted by molar-refractivity contribution is 5.86. The largest absolute Gasteiger partial charge is 0.493 e. The summed E-state index contributed by atoms with van der Waals surface area (Å²) in [5.41, 5.74) is 7.18. The summed E-state index contributed by atoms with van der Waals surface area (Å²) in [5, 5.41) is 0.730. The number of fused-ring (bicyclic) bond motifs is 1. The van der Waals surface area contributed by atoms with E-state index in [0.29, 0.717) is 6.54 Å². The first-order chi connectivity index (χ1) is 6.76. The number of nitrogens with two attached hydrogens (primary N) is 1. The van der Waals surface area contributed by atoms with Gasteiger partial charge < -0.3 is 15.5 Å². The van der Waals surface area contributed by atoms with Gasteiger partial charge in [-0.05, 0) is 18.2 Å². The first-order valence-corrected chi connectivity index (χ1v) is 4.30. The number of methoxy groups -OCH3 is 1. The molecule has 0 unspecified atom stereocenters. The van der Waals surface area contributed by atoms with Gasteiger partial charge in [0.2, 0.25) is 0 Å². The van der Waals surface area contributed by atoms with Crippen molar-refractivity contribution in [3.63, 3.8) is 0 Å². The van der Waals surface area contributed by atoms with E-state index in [4.69, 9.17) is 10.5 Å². The van der Waals surface area contributed by atoms with Gasteiger partial charge in [-0.15, -0.1) is 0 Å². The Morgan fingerprint density at radius 3 is 2.93 bits per heavy atom. The summed E-state index contributed by atoms with van der Waals surface area (Å²) in [7, 11) is 1.45. The lowest BCUT2D eigenvalue weighted by Crippen LogP contribution is -1.94. The number of aromatic nitrogens is 1. The first kappa shape index (κ1) is 9.02. The number of hydrogen-bond donors (Lipinski definition) is 2. The van der Waals surface area contributed by atoms with Gasteiger partial charge in [0.05, 0.1) is 7.11 Å². The number of ether oxygens (including phenoxy) is 1. The quantitative estimate of drug-likeness (QED) is 0.765. The molecule has 0 aliphatic carbocycles. The molecule has 2 aromatic rings. The average molecular weight is 194 g/mol. The van der Waals surface area contributed by atoms with Crippen molar-refractivity contribution in [2.75, 3.05) is 7.11 Å². The van der Waals surface area contributed by atoms with Crippen LogP contribution >= 0.6 is 0 Å².